The number of halogens is 1. The Kier molecular flexibility index (Phi) is 9.74. The highest BCUT2D eigenvalue weighted by Gasteiger charge is 2.13. The molecule has 154 valence electrons. The van der Waals surface area contributed by atoms with Gasteiger partial charge in [0.05, 0.1) is 20.2 Å². The van der Waals surface area contributed by atoms with Crippen molar-refractivity contribution < 1.29 is 9.53 Å². The summed E-state index contributed by atoms with van der Waals surface area (Å²) in [5.41, 5.74) is 0.915. The maximum Gasteiger partial charge on any atom is 0.239 e. The quantitative estimate of drug-likeness (QED) is 0.312. The van der Waals surface area contributed by atoms with E-state index in [1.165, 1.54) is 9.75 Å². The number of ether oxygens (including phenoxy) is 1. The molecule has 0 atom stereocenters. The molecule has 0 bridgehead atoms. The highest BCUT2D eigenvalue weighted by Crippen LogP contribution is 2.29. The molecule has 28 heavy (non-hydrogen) atoms. The van der Waals surface area contributed by atoms with Crippen LogP contribution in [0, 0.1) is 0 Å². The number of hydrogen-bond acceptors (Lipinski definition) is 4. The van der Waals surface area contributed by atoms with Crippen molar-refractivity contribution in [3.05, 3.63) is 41.3 Å². The molecule has 1 heterocycles. The first kappa shape index (κ1) is 24.2. The summed E-state index contributed by atoms with van der Waals surface area (Å²) in [6, 6.07) is 12.2. The molecule has 0 fully saturated rings. The molecule has 6 nitrogen and oxygen atoms in total. The Balaban J connectivity index is 0.00000392. The molecule has 2 rings (SSSR count). The van der Waals surface area contributed by atoms with E-state index >= 15 is 0 Å². The summed E-state index contributed by atoms with van der Waals surface area (Å²) in [6.07, 6.45) is 0. The molecule has 1 aromatic carbocycles. The SMILES string of the molecule is CN=C(NCC(=O)NC(C)(C)C)NCc1ccc(-c2ccc(OC)cc2)s1.I. The minimum Gasteiger partial charge on any atom is -0.497 e. The summed E-state index contributed by atoms with van der Waals surface area (Å²) in [6.45, 7) is 6.68. The third-order valence-corrected chi connectivity index (χ3v) is 4.75. The highest BCUT2D eigenvalue weighted by atomic mass is 127. The van der Waals surface area contributed by atoms with Crippen molar-refractivity contribution in [1.29, 1.82) is 0 Å². The molecule has 0 aliphatic heterocycles. The predicted molar refractivity (Wildman–Crippen MR) is 128 cm³/mol. The van der Waals surface area contributed by atoms with Crippen molar-refractivity contribution in [2.24, 2.45) is 4.99 Å². The van der Waals surface area contributed by atoms with Crippen LogP contribution in [0.4, 0.5) is 0 Å². The van der Waals surface area contributed by atoms with E-state index in [0.717, 1.165) is 11.3 Å². The van der Waals surface area contributed by atoms with Gasteiger partial charge in [-0.3, -0.25) is 9.79 Å². The number of nitrogens with one attached hydrogen (secondary N) is 3. The molecular formula is C20H29IN4O2S. The van der Waals surface area contributed by atoms with Crippen molar-refractivity contribution in [3.8, 4) is 16.2 Å². The normalized spacial score (nSPS) is 11.4. The zero-order chi connectivity index (χ0) is 19.9. The zero-order valence-electron chi connectivity index (χ0n) is 17.0. The molecule has 2 aromatic rings. The van der Waals surface area contributed by atoms with Gasteiger partial charge in [-0.15, -0.1) is 35.3 Å². The maximum atomic E-state index is 11.9. The van der Waals surface area contributed by atoms with Crippen LogP contribution < -0.4 is 20.7 Å². The van der Waals surface area contributed by atoms with E-state index in [9.17, 15) is 4.79 Å². The zero-order valence-corrected chi connectivity index (χ0v) is 20.1. The third kappa shape index (κ3) is 8.05. The average molecular weight is 516 g/mol. The minimum absolute atomic E-state index is 0. The summed E-state index contributed by atoms with van der Waals surface area (Å²) in [5.74, 6) is 1.38. The van der Waals surface area contributed by atoms with E-state index in [4.69, 9.17) is 4.74 Å². The van der Waals surface area contributed by atoms with Crippen molar-refractivity contribution in [2.75, 3.05) is 20.7 Å². The first-order chi connectivity index (χ1) is 12.8. The lowest BCUT2D eigenvalue weighted by Gasteiger charge is -2.21. The smallest absolute Gasteiger partial charge is 0.239 e. The lowest BCUT2D eigenvalue weighted by Crippen LogP contribution is -2.48. The number of thiophene rings is 1. The number of amides is 1. The van der Waals surface area contributed by atoms with Gasteiger partial charge < -0.3 is 20.7 Å². The molecule has 8 heteroatoms. The minimum atomic E-state index is -0.245. The number of guanidine groups is 1. The number of aliphatic imine (C=N–C) groups is 1. The van der Waals surface area contributed by atoms with Crippen molar-refractivity contribution in [2.45, 2.75) is 32.9 Å². The standard InChI is InChI=1S/C20H28N4O2S.HI/c1-20(2,3)24-18(25)13-23-19(21-4)22-12-16-10-11-17(27-16)14-6-8-15(26-5)9-7-14;/h6-11H,12-13H2,1-5H3,(H,24,25)(H2,21,22,23);1H. The number of benzene rings is 1. The van der Waals surface area contributed by atoms with Crippen LogP contribution in [0.2, 0.25) is 0 Å². The molecule has 0 saturated heterocycles. The van der Waals surface area contributed by atoms with Gasteiger partial charge >= 0.3 is 0 Å². The molecule has 0 radical (unpaired) electrons. The molecule has 0 aliphatic carbocycles. The van der Waals surface area contributed by atoms with Crippen LogP contribution in [0.25, 0.3) is 10.4 Å². The Bertz CT molecular complexity index is 782. The summed E-state index contributed by atoms with van der Waals surface area (Å²) in [4.78, 5) is 18.4. The lowest BCUT2D eigenvalue weighted by molar-refractivity contribution is -0.121. The van der Waals surface area contributed by atoms with E-state index in [-0.39, 0.29) is 42.0 Å². The Labute approximate surface area is 188 Å². The summed E-state index contributed by atoms with van der Waals surface area (Å²) in [7, 11) is 3.35. The van der Waals surface area contributed by atoms with Gasteiger partial charge in [-0.1, -0.05) is 0 Å². The summed E-state index contributed by atoms with van der Waals surface area (Å²) < 4.78 is 5.20. The maximum absolute atomic E-state index is 11.9. The number of nitrogens with zero attached hydrogens (tertiary/aromatic N) is 1. The van der Waals surface area contributed by atoms with Crippen molar-refractivity contribution >= 4 is 47.2 Å². The lowest BCUT2D eigenvalue weighted by atomic mass is 10.1. The Morgan fingerprint density at radius 2 is 1.79 bits per heavy atom. The first-order valence-corrected chi connectivity index (χ1v) is 9.61. The molecule has 0 aliphatic rings. The molecule has 0 spiro atoms. The Hall–Kier alpha value is -1.81. The number of methoxy groups -OCH3 is 1. The number of rotatable bonds is 6. The van der Waals surface area contributed by atoms with E-state index in [0.29, 0.717) is 12.5 Å². The second-order valence-electron chi connectivity index (χ2n) is 7.07. The monoisotopic (exact) mass is 516 g/mol. The van der Waals surface area contributed by atoms with Gasteiger partial charge in [-0.25, -0.2) is 0 Å². The van der Waals surface area contributed by atoms with Gasteiger partial charge in [0.2, 0.25) is 5.91 Å². The second-order valence-corrected chi connectivity index (χ2v) is 8.24. The van der Waals surface area contributed by atoms with Crippen LogP contribution >= 0.6 is 35.3 Å². The molecular weight excluding hydrogens is 487 g/mol. The van der Waals surface area contributed by atoms with Crippen molar-refractivity contribution in [3.63, 3.8) is 0 Å². The number of carbonyl (C=O) groups excluding carboxylic acids is 1. The fraction of sp³-hybridized carbons (Fsp3) is 0.400. The van der Waals surface area contributed by atoms with Crippen LogP contribution in [0.15, 0.2) is 41.4 Å². The Morgan fingerprint density at radius 1 is 1.11 bits per heavy atom. The van der Waals surface area contributed by atoms with Crippen LogP contribution in [0.3, 0.4) is 0 Å². The van der Waals surface area contributed by atoms with Crippen molar-refractivity contribution in [1.82, 2.24) is 16.0 Å². The molecule has 1 aromatic heterocycles. The highest BCUT2D eigenvalue weighted by molar-refractivity contribution is 14.0. The number of hydrogen-bond donors (Lipinski definition) is 3. The fourth-order valence-electron chi connectivity index (χ4n) is 2.40. The van der Waals surface area contributed by atoms with Gasteiger partial charge in [-0.2, -0.15) is 0 Å². The predicted octanol–water partition coefficient (Wildman–Crippen LogP) is 3.62. The molecule has 0 saturated carbocycles. The fourth-order valence-corrected chi connectivity index (χ4v) is 3.35. The third-order valence-electron chi connectivity index (χ3n) is 3.62. The molecule has 0 unspecified atom stereocenters. The van der Waals surface area contributed by atoms with Gasteiger partial charge in [-0.05, 0) is 62.7 Å². The van der Waals surface area contributed by atoms with Gasteiger partial charge in [0, 0.05) is 22.3 Å². The molecule has 1 amide bonds. The summed E-state index contributed by atoms with van der Waals surface area (Å²) >= 11 is 1.72. The molecule has 3 N–H and O–H groups in total. The van der Waals surface area contributed by atoms with E-state index in [1.54, 1.807) is 25.5 Å². The summed E-state index contributed by atoms with van der Waals surface area (Å²) in [5, 5.41) is 9.18. The van der Waals surface area contributed by atoms with Gasteiger partial charge in [0.1, 0.15) is 5.75 Å². The van der Waals surface area contributed by atoms with Crippen LogP contribution in [0.5, 0.6) is 5.75 Å². The average Bonchev–Trinajstić information content (AvgIpc) is 3.09. The van der Waals surface area contributed by atoms with Crippen LogP contribution in [-0.4, -0.2) is 38.1 Å². The van der Waals surface area contributed by atoms with Gasteiger partial charge in [0.25, 0.3) is 0 Å². The van der Waals surface area contributed by atoms with E-state index in [2.05, 4.69) is 45.2 Å². The largest absolute Gasteiger partial charge is 0.497 e. The van der Waals surface area contributed by atoms with E-state index in [1.807, 2.05) is 32.9 Å². The van der Waals surface area contributed by atoms with Gasteiger partial charge in [0.15, 0.2) is 5.96 Å². The second kappa shape index (κ2) is 11.3. The van der Waals surface area contributed by atoms with E-state index < -0.39 is 0 Å². The first-order valence-electron chi connectivity index (χ1n) is 8.79. The topological polar surface area (TPSA) is 74.8 Å². The van der Waals surface area contributed by atoms with Crippen LogP contribution in [0.1, 0.15) is 25.6 Å². The number of carbonyl (C=O) groups is 1. The van der Waals surface area contributed by atoms with Crippen LogP contribution in [-0.2, 0) is 11.3 Å². The Morgan fingerprint density at radius 3 is 2.36 bits per heavy atom.